The summed E-state index contributed by atoms with van der Waals surface area (Å²) in [5.74, 6) is 0.739. The largest absolute Gasteiger partial charge is 0.392 e. The molecule has 1 aliphatic carbocycles. The van der Waals surface area contributed by atoms with Crippen molar-refractivity contribution < 1.29 is 14.6 Å². The first-order valence-corrected chi connectivity index (χ1v) is 10.7. The number of aromatic nitrogens is 2. The first-order valence-electron chi connectivity index (χ1n) is 10.7. The van der Waals surface area contributed by atoms with E-state index < -0.39 is 6.10 Å². The molecule has 1 aromatic heterocycles. The van der Waals surface area contributed by atoms with Crippen molar-refractivity contribution in [2.75, 3.05) is 50.8 Å². The van der Waals surface area contributed by atoms with E-state index in [2.05, 4.69) is 15.2 Å². The minimum Gasteiger partial charge on any atom is -0.392 e. The standard InChI is InChI=1S/C20H29N5O4/c26-13-11-15(21-12-13)18(28)24-5-3-20(4-6-24)2-1-14-16(20)22-19(23-17(14)27)25-7-9-29-10-8-25/h13,15,21,26H,1-12H2,(H,22,23,27)/t13-,15-/m1/s1. The fourth-order valence-corrected chi connectivity index (χ4v) is 5.33. The monoisotopic (exact) mass is 403 g/mol. The molecule has 3 saturated heterocycles. The molecule has 0 radical (unpaired) electrons. The van der Waals surface area contributed by atoms with E-state index in [9.17, 15) is 14.7 Å². The zero-order chi connectivity index (χ0) is 20.0. The Kier molecular flexibility index (Phi) is 4.84. The normalized spacial score (nSPS) is 28.7. The molecular weight excluding hydrogens is 374 g/mol. The first kappa shape index (κ1) is 19.0. The van der Waals surface area contributed by atoms with Gasteiger partial charge in [0.25, 0.3) is 5.56 Å². The van der Waals surface area contributed by atoms with Gasteiger partial charge in [-0.1, -0.05) is 0 Å². The Morgan fingerprint density at radius 3 is 2.62 bits per heavy atom. The summed E-state index contributed by atoms with van der Waals surface area (Å²) in [6, 6.07) is -0.274. The van der Waals surface area contributed by atoms with Gasteiger partial charge in [-0.2, -0.15) is 0 Å². The highest BCUT2D eigenvalue weighted by atomic mass is 16.5. The number of hydrogen-bond acceptors (Lipinski definition) is 7. The summed E-state index contributed by atoms with van der Waals surface area (Å²) < 4.78 is 5.42. The number of amides is 1. The second-order valence-corrected chi connectivity index (χ2v) is 8.77. The van der Waals surface area contributed by atoms with Crippen molar-refractivity contribution in [2.24, 2.45) is 0 Å². The number of carbonyl (C=O) groups is 1. The molecule has 3 fully saturated rings. The van der Waals surface area contributed by atoms with Gasteiger partial charge in [0.05, 0.1) is 31.1 Å². The highest BCUT2D eigenvalue weighted by molar-refractivity contribution is 5.82. The molecule has 1 aromatic rings. The Morgan fingerprint density at radius 1 is 1.17 bits per heavy atom. The number of carbonyl (C=O) groups excluding carboxylic acids is 1. The van der Waals surface area contributed by atoms with E-state index >= 15 is 0 Å². The van der Waals surface area contributed by atoms with Crippen LogP contribution in [0.4, 0.5) is 5.95 Å². The molecule has 5 rings (SSSR count). The number of nitrogens with zero attached hydrogens (tertiary/aromatic N) is 3. The fraction of sp³-hybridized carbons (Fsp3) is 0.750. The third kappa shape index (κ3) is 3.35. The smallest absolute Gasteiger partial charge is 0.255 e. The number of morpholine rings is 1. The number of aliphatic hydroxyl groups is 1. The van der Waals surface area contributed by atoms with Crippen molar-refractivity contribution in [3.63, 3.8) is 0 Å². The van der Waals surface area contributed by atoms with Gasteiger partial charge in [-0.25, -0.2) is 4.98 Å². The highest BCUT2D eigenvalue weighted by Gasteiger charge is 2.45. The molecule has 158 valence electrons. The molecule has 3 N–H and O–H groups in total. The van der Waals surface area contributed by atoms with E-state index in [0.29, 0.717) is 45.2 Å². The van der Waals surface area contributed by atoms with Gasteiger partial charge >= 0.3 is 0 Å². The van der Waals surface area contributed by atoms with Crippen LogP contribution in [0.2, 0.25) is 0 Å². The van der Waals surface area contributed by atoms with E-state index in [0.717, 1.165) is 50.0 Å². The van der Waals surface area contributed by atoms with Crippen LogP contribution in [0.5, 0.6) is 0 Å². The van der Waals surface area contributed by atoms with Gasteiger partial charge in [0, 0.05) is 43.7 Å². The van der Waals surface area contributed by atoms with Gasteiger partial charge in [0.1, 0.15) is 0 Å². The van der Waals surface area contributed by atoms with Crippen LogP contribution < -0.4 is 15.8 Å². The molecule has 1 amide bonds. The summed E-state index contributed by atoms with van der Waals surface area (Å²) in [5, 5.41) is 12.8. The maximum atomic E-state index is 12.8. The maximum absolute atomic E-state index is 12.8. The van der Waals surface area contributed by atoms with Crippen molar-refractivity contribution in [3.8, 4) is 0 Å². The number of likely N-dealkylation sites (tertiary alicyclic amines) is 1. The van der Waals surface area contributed by atoms with Crippen LogP contribution in [-0.2, 0) is 21.4 Å². The minimum absolute atomic E-state index is 0.0176. The summed E-state index contributed by atoms with van der Waals surface area (Å²) >= 11 is 0. The number of nitrogens with one attached hydrogen (secondary N) is 2. The number of H-pyrrole nitrogens is 1. The van der Waals surface area contributed by atoms with E-state index in [-0.39, 0.29) is 22.9 Å². The summed E-state index contributed by atoms with van der Waals surface area (Å²) in [6.45, 7) is 4.59. The average Bonchev–Trinajstić information content (AvgIpc) is 3.33. The predicted molar refractivity (Wildman–Crippen MR) is 106 cm³/mol. The Balaban J connectivity index is 1.34. The topological polar surface area (TPSA) is 111 Å². The molecule has 0 bridgehead atoms. The first-order chi connectivity index (χ1) is 14.1. The Hall–Kier alpha value is -1.97. The molecular formula is C20H29N5O4. The number of aromatic amines is 1. The summed E-state index contributed by atoms with van der Waals surface area (Å²) in [5.41, 5.74) is 1.65. The predicted octanol–water partition coefficient (Wildman–Crippen LogP) is -0.864. The van der Waals surface area contributed by atoms with Gasteiger partial charge in [-0.15, -0.1) is 0 Å². The highest BCUT2D eigenvalue weighted by Crippen LogP contribution is 2.44. The number of β-amino-alcohol motifs (C(OH)–C–C–N with tert-alkyl or cyclic N) is 1. The maximum Gasteiger partial charge on any atom is 0.255 e. The van der Waals surface area contributed by atoms with Crippen LogP contribution >= 0.6 is 0 Å². The van der Waals surface area contributed by atoms with Gasteiger partial charge < -0.3 is 25.0 Å². The molecule has 29 heavy (non-hydrogen) atoms. The van der Waals surface area contributed by atoms with Crippen LogP contribution in [-0.4, -0.2) is 84.0 Å². The molecule has 4 heterocycles. The number of rotatable bonds is 2. The summed E-state index contributed by atoms with van der Waals surface area (Å²) in [7, 11) is 0. The van der Waals surface area contributed by atoms with Crippen LogP contribution in [0.3, 0.4) is 0 Å². The minimum atomic E-state index is -0.434. The lowest BCUT2D eigenvalue weighted by Crippen LogP contribution is -2.50. The zero-order valence-corrected chi connectivity index (χ0v) is 16.7. The molecule has 0 saturated carbocycles. The van der Waals surface area contributed by atoms with Crippen molar-refractivity contribution in [2.45, 2.75) is 49.7 Å². The number of anilines is 1. The van der Waals surface area contributed by atoms with Crippen molar-refractivity contribution >= 4 is 11.9 Å². The summed E-state index contributed by atoms with van der Waals surface area (Å²) in [6.07, 6.45) is 3.40. The number of ether oxygens (including phenoxy) is 1. The second kappa shape index (κ2) is 7.37. The number of fused-ring (bicyclic) bond motifs is 2. The van der Waals surface area contributed by atoms with Gasteiger partial charge in [0.2, 0.25) is 11.9 Å². The molecule has 3 aliphatic heterocycles. The molecule has 0 unspecified atom stereocenters. The van der Waals surface area contributed by atoms with Crippen LogP contribution in [0.15, 0.2) is 4.79 Å². The molecule has 9 nitrogen and oxygen atoms in total. The Morgan fingerprint density at radius 2 is 1.93 bits per heavy atom. The van der Waals surface area contributed by atoms with E-state index in [1.54, 1.807) is 0 Å². The molecule has 0 aromatic carbocycles. The third-order valence-electron chi connectivity index (χ3n) is 7.11. The van der Waals surface area contributed by atoms with Crippen molar-refractivity contribution in [1.82, 2.24) is 20.2 Å². The van der Waals surface area contributed by atoms with Crippen LogP contribution in [0, 0.1) is 0 Å². The van der Waals surface area contributed by atoms with Gasteiger partial charge in [-0.3, -0.25) is 14.6 Å². The molecule has 1 spiro atoms. The lowest BCUT2D eigenvalue weighted by atomic mass is 9.76. The lowest BCUT2D eigenvalue weighted by Gasteiger charge is -2.40. The molecule has 4 aliphatic rings. The van der Waals surface area contributed by atoms with E-state index in [4.69, 9.17) is 9.72 Å². The Labute approximate surface area is 169 Å². The number of aliphatic hydroxyl groups excluding tert-OH is 1. The van der Waals surface area contributed by atoms with Crippen LogP contribution in [0.25, 0.3) is 0 Å². The number of piperidine rings is 1. The quantitative estimate of drug-likeness (QED) is 0.589. The second-order valence-electron chi connectivity index (χ2n) is 8.77. The number of hydrogen-bond donors (Lipinski definition) is 3. The van der Waals surface area contributed by atoms with Crippen molar-refractivity contribution in [3.05, 3.63) is 21.6 Å². The van der Waals surface area contributed by atoms with Gasteiger partial charge in [-0.05, 0) is 32.1 Å². The van der Waals surface area contributed by atoms with Crippen molar-refractivity contribution in [1.29, 1.82) is 0 Å². The molecule has 2 atom stereocenters. The van der Waals surface area contributed by atoms with Crippen LogP contribution in [0.1, 0.15) is 36.9 Å². The zero-order valence-electron chi connectivity index (χ0n) is 16.7. The molecule has 9 heteroatoms. The Bertz CT molecular complexity index is 842. The van der Waals surface area contributed by atoms with Gasteiger partial charge in [0.15, 0.2) is 0 Å². The SMILES string of the molecule is O=C([C@H]1C[C@@H](O)CN1)N1CCC2(CCc3c2nc(N2CCOCC2)[nH]c3=O)CC1. The van der Waals surface area contributed by atoms with E-state index in [1.165, 1.54) is 0 Å². The average molecular weight is 403 g/mol. The lowest BCUT2D eigenvalue weighted by molar-refractivity contribution is -0.134. The fourth-order valence-electron chi connectivity index (χ4n) is 5.33. The third-order valence-corrected chi connectivity index (χ3v) is 7.11. The summed E-state index contributed by atoms with van der Waals surface area (Å²) in [4.78, 5) is 37.4. The van der Waals surface area contributed by atoms with E-state index in [1.807, 2.05) is 4.90 Å².